The van der Waals surface area contributed by atoms with E-state index in [2.05, 4.69) is 27.8 Å². The number of hydrogen-bond donors (Lipinski definition) is 0. The third kappa shape index (κ3) is 1.36. The van der Waals surface area contributed by atoms with E-state index in [4.69, 9.17) is 11.6 Å². The Bertz CT molecular complexity index is 450. The number of imidazole rings is 1. The number of pyridine rings is 1. The van der Waals surface area contributed by atoms with E-state index in [-0.39, 0.29) is 0 Å². The molecule has 0 aromatic carbocycles. The van der Waals surface area contributed by atoms with Gasteiger partial charge in [0.25, 0.3) is 0 Å². The second kappa shape index (κ2) is 3.31. The van der Waals surface area contributed by atoms with Crippen LogP contribution in [0.2, 0.25) is 5.15 Å². The van der Waals surface area contributed by atoms with Crippen LogP contribution >= 0.6 is 27.5 Å². The zero-order valence-electron chi connectivity index (χ0n) is 7.09. The molecule has 0 saturated carbocycles. The molecule has 0 radical (unpaired) electrons. The summed E-state index contributed by atoms with van der Waals surface area (Å²) in [7, 11) is 0. The van der Waals surface area contributed by atoms with Crippen LogP contribution in [0.25, 0.3) is 5.52 Å². The Morgan fingerprint density at radius 1 is 1.62 bits per heavy atom. The van der Waals surface area contributed by atoms with E-state index in [1.54, 1.807) is 0 Å². The molecular weight excluding hydrogens is 251 g/mol. The molecular formula is C9H8BrClN2. The summed E-state index contributed by atoms with van der Waals surface area (Å²) in [6.07, 6.45) is 2.85. The summed E-state index contributed by atoms with van der Waals surface area (Å²) in [5.74, 6) is 0.987. The predicted octanol–water partition coefficient (Wildman–Crippen LogP) is 3.31. The number of aromatic nitrogens is 2. The molecule has 4 heteroatoms. The highest BCUT2D eigenvalue weighted by Crippen LogP contribution is 2.26. The molecule has 68 valence electrons. The number of halogens is 2. The Labute approximate surface area is 89.7 Å². The van der Waals surface area contributed by atoms with Gasteiger partial charge in [0.2, 0.25) is 0 Å². The summed E-state index contributed by atoms with van der Waals surface area (Å²) in [6.45, 7) is 2.06. The normalized spacial score (nSPS) is 11.0. The van der Waals surface area contributed by atoms with Crippen molar-refractivity contribution in [3.63, 3.8) is 0 Å². The first-order valence-electron chi connectivity index (χ1n) is 4.05. The molecule has 0 atom stereocenters. The van der Waals surface area contributed by atoms with Gasteiger partial charge in [-0.15, -0.1) is 0 Å². The van der Waals surface area contributed by atoms with Gasteiger partial charge in [0.15, 0.2) is 5.15 Å². The van der Waals surface area contributed by atoms with Crippen LogP contribution in [-0.2, 0) is 6.42 Å². The van der Waals surface area contributed by atoms with E-state index >= 15 is 0 Å². The van der Waals surface area contributed by atoms with Crippen molar-refractivity contribution in [1.82, 2.24) is 9.38 Å². The first-order valence-corrected chi connectivity index (χ1v) is 5.22. The van der Waals surface area contributed by atoms with E-state index in [0.29, 0.717) is 5.15 Å². The molecule has 0 spiro atoms. The van der Waals surface area contributed by atoms with E-state index < -0.39 is 0 Å². The number of nitrogens with zero attached hydrogens (tertiary/aromatic N) is 2. The van der Waals surface area contributed by atoms with Crippen LogP contribution in [0.3, 0.4) is 0 Å². The van der Waals surface area contributed by atoms with Crippen molar-refractivity contribution in [2.24, 2.45) is 0 Å². The van der Waals surface area contributed by atoms with Crippen molar-refractivity contribution in [3.05, 3.63) is 33.8 Å². The Morgan fingerprint density at radius 3 is 3.08 bits per heavy atom. The summed E-state index contributed by atoms with van der Waals surface area (Å²) >= 11 is 9.44. The van der Waals surface area contributed by atoms with Crippen molar-refractivity contribution in [1.29, 1.82) is 0 Å². The quantitative estimate of drug-likeness (QED) is 0.768. The number of aryl methyl sites for hydroxylation is 1. The van der Waals surface area contributed by atoms with Crippen molar-refractivity contribution in [2.45, 2.75) is 13.3 Å². The molecule has 2 aromatic heterocycles. The SMILES string of the molecule is CCc1nc(Cl)c2c(Br)cccn12. The Hall–Kier alpha value is -0.540. The van der Waals surface area contributed by atoms with Crippen molar-refractivity contribution < 1.29 is 0 Å². The molecule has 0 fully saturated rings. The Morgan fingerprint density at radius 2 is 2.38 bits per heavy atom. The molecule has 2 aromatic rings. The maximum absolute atomic E-state index is 6.00. The van der Waals surface area contributed by atoms with Crippen LogP contribution in [0.1, 0.15) is 12.7 Å². The third-order valence-electron chi connectivity index (χ3n) is 1.96. The molecule has 2 heterocycles. The van der Waals surface area contributed by atoms with Gasteiger partial charge in [-0.25, -0.2) is 4.98 Å². The molecule has 13 heavy (non-hydrogen) atoms. The summed E-state index contributed by atoms with van der Waals surface area (Å²) < 4.78 is 2.99. The van der Waals surface area contributed by atoms with E-state index in [1.165, 1.54) is 0 Å². The smallest absolute Gasteiger partial charge is 0.156 e. The van der Waals surface area contributed by atoms with Gasteiger partial charge in [-0.1, -0.05) is 18.5 Å². The van der Waals surface area contributed by atoms with Crippen molar-refractivity contribution in [2.75, 3.05) is 0 Å². The van der Waals surface area contributed by atoms with Crippen LogP contribution < -0.4 is 0 Å². The lowest BCUT2D eigenvalue weighted by Gasteiger charge is -1.98. The second-order valence-corrected chi connectivity index (χ2v) is 3.96. The number of fused-ring (bicyclic) bond motifs is 1. The molecule has 0 bridgehead atoms. The van der Waals surface area contributed by atoms with Crippen molar-refractivity contribution >= 4 is 33.0 Å². The minimum absolute atomic E-state index is 0.560. The van der Waals surface area contributed by atoms with Gasteiger partial charge in [0.1, 0.15) is 5.82 Å². The summed E-state index contributed by atoms with van der Waals surface area (Å²) in [6, 6.07) is 3.93. The third-order valence-corrected chi connectivity index (χ3v) is 2.87. The zero-order chi connectivity index (χ0) is 9.42. The zero-order valence-corrected chi connectivity index (χ0v) is 9.43. The average molecular weight is 260 g/mol. The molecule has 2 rings (SSSR count). The fourth-order valence-corrected chi connectivity index (χ4v) is 2.30. The van der Waals surface area contributed by atoms with Gasteiger partial charge in [0.05, 0.1) is 5.52 Å². The average Bonchev–Trinajstić information content (AvgIpc) is 2.44. The Kier molecular flexibility index (Phi) is 2.30. The number of rotatable bonds is 1. The lowest BCUT2D eigenvalue weighted by atomic mass is 10.4. The molecule has 0 N–H and O–H groups in total. The first kappa shape index (κ1) is 9.03. The van der Waals surface area contributed by atoms with E-state index in [0.717, 1.165) is 22.2 Å². The van der Waals surface area contributed by atoms with E-state index in [1.807, 2.05) is 22.7 Å². The molecule has 0 aliphatic carbocycles. The van der Waals surface area contributed by atoms with Gasteiger partial charge in [-0.05, 0) is 28.1 Å². The molecule has 0 unspecified atom stereocenters. The minimum atomic E-state index is 0.560. The largest absolute Gasteiger partial charge is 0.301 e. The van der Waals surface area contributed by atoms with Gasteiger partial charge in [-0.3, -0.25) is 0 Å². The topological polar surface area (TPSA) is 17.3 Å². The maximum Gasteiger partial charge on any atom is 0.156 e. The van der Waals surface area contributed by atoms with Gasteiger partial charge >= 0.3 is 0 Å². The van der Waals surface area contributed by atoms with Crippen LogP contribution in [0.5, 0.6) is 0 Å². The fraction of sp³-hybridized carbons (Fsp3) is 0.222. The number of hydrogen-bond acceptors (Lipinski definition) is 1. The lowest BCUT2D eigenvalue weighted by Crippen LogP contribution is -1.91. The molecule has 0 saturated heterocycles. The molecule has 2 nitrogen and oxygen atoms in total. The van der Waals surface area contributed by atoms with Crippen LogP contribution in [-0.4, -0.2) is 9.38 Å². The van der Waals surface area contributed by atoms with Crippen LogP contribution in [0.15, 0.2) is 22.8 Å². The maximum atomic E-state index is 6.00. The molecule has 0 aliphatic rings. The van der Waals surface area contributed by atoms with Gasteiger partial charge < -0.3 is 4.40 Å². The van der Waals surface area contributed by atoms with Crippen LogP contribution in [0, 0.1) is 0 Å². The highest BCUT2D eigenvalue weighted by Gasteiger charge is 2.09. The van der Waals surface area contributed by atoms with Crippen LogP contribution in [0.4, 0.5) is 0 Å². The van der Waals surface area contributed by atoms with Gasteiger partial charge in [0, 0.05) is 17.1 Å². The lowest BCUT2D eigenvalue weighted by molar-refractivity contribution is 0.932. The minimum Gasteiger partial charge on any atom is -0.301 e. The standard InChI is InChI=1S/C9H8BrClN2/c1-2-7-12-9(11)8-6(10)4-3-5-13(7)8/h3-5H,2H2,1H3. The Balaban J connectivity index is 2.87. The highest BCUT2D eigenvalue weighted by atomic mass is 79.9. The van der Waals surface area contributed by atoms with Gasteiger partial charge in [-0.2, -0.15) is 0 Å². The first-order chi connectivity index (χ1) is 6.24. The predicted molar refractivity (Wildman–Crippen MR) is 57.3 cm³/mol. The van der Waals surface area contributed by atoms with Crippen molar-refractivity contribution in [3.8, 4) is 0 Å². The second-order valence-electron chi connectivity index (χ2n) is 2.75. The summed E-state index contributed by atoms with van der Waals surface area (Å²) in [5.41, 5.74) is 0.945. The fourth-order valence-electron chi connectivity index (χ4n) is 1.36. The summed E-state index contributed by atoms with van der Waals surface area (Å²) in [5, 5.41) is 0.560. The summed E-state index contributed by atoms with van der Waals surface area (Å²) in [4.78, 5) is 4.27. The molecule has 0 aliphatic heterocycles. The monoisotopic (exact) mass is 258 g/mol. The van der Waals surface area contributed by atoms with E-state index in [9.17, 15) is 0 Å². The highest BCUT2D eigenvalue weighted by molar-refractivity contribution is 9.10. The molecule has 0 amide bonds.